The van der Waals surface area contributed by atoms with E-state index in [0.717, 1.165) is 5.56 Å². The molecule has 118 valence electrons. The molecule has 23 heavy (non-hydrogen) atoms. The van der Waals surface area contributed by atoms with Crippen LogP contribution in [0.3, 0.4) is 0 Å². The summed E-state index contributed by atoms with van der Waals surface area (Å²) in [6.45, 7) is 4.53. The van der Waals surface area contributed by atoms with Gasteiger partial charge in [-0.3, -0.25) is 4.79 Å². The van der Waals surface area contributed by atoms with Gasteiger partial charge in [-0.25, -0.2) is 9.67 Å². The Kier molecular flexibility index (Phi) is 4.18. The molecule has 3 aromatic rings. The van der Waals surface area contributed by atoms with Gasteiger partial charge in [0.15, 0.2) is 0 Å². The lowest BCUT2D eigenvalue weighted by Gasteiger charge is -2.13. The molecule has 1 N–H and O–H groups in total. The van der Waals surface area contributed by atoms with Gasteiger partial charge in [-0.2, -0.15) is 5.10 Å². The number of nitrogens with one attached hydrogen (secondary N) is 1. The van der Waals surface area contributed by atoms with Crippen molar-refractivity contribution in [2.24, 2.45) is 0 Å². The van der Waals surface area contributed by atoms with Gasteiger partial charge in [0, 0.05) is 12.1 Å². The lowest BCUT2D eigenvalue weighted by molar-refractivity contribution is 0.0937. The first-order chi connectivity index (χ1) is 11.2. The van der Waals surface area contributed by atoms with Gasteiger partial charge in [-0.15, -0.1) is 0 Å². The SMILES string of the molecule is CCn1ncnc1C(C)NC(=O)c1conc1-c1ccccc1. The van der Waals surface area contributed by atoms with E-state index in [0.29, 0.717) is 23.6 Å². The van der Waals surface area contributed by atoms with Gasteiger partial charge in [-0.1, -0.05) is 35.5 Å². The highest BCUT2D eigenvalue weighted by atomic mass is 16.5. The van der Waals surface area contributed by atoms with Crippen molar-refractivity contribution in [1.82, 2.24) is 25.2 Å². The molecular formula is C16H17N5O2. The van der Waals surface area contributed by atoms with Gasteiger partial charge in [0.2, 0.25) is 0 Å². The van der Waals surface area contributed by atoms with Crippen molar-refractivity contribution in [3.63, 3.8) is 0 Å². The van der Waals surface area contributed by atoms with Crippen LogP contribution >= 0.6 is 0 Å². The highest BCUT2D eigenvalue weighted by Crippen LogP contribution is 2.22. The molecular weight excluding hydrogens is 294 g/mol. The van der Waals surface area contributed by atoms with Gasteiger partial charge in [-0.05, 0) is 13.8 Å². The van der Waals surface area contributed by atoms with Crippen LogP contribution in [-0.2, 0) is 6.54 Å². The molecule has 0 aliphatic rings. The zero-order valence-electron chi connectivity index (χ0n) is 12.9. The maximum absolute atomic E-state index is 12.5. The third kappa shape index (κ3) is 2.98. The predicted octanol–water partition coefficient (Wildman–Crippen LogP) is 2.44. The molecule has 7 heteroatoms. The van der Waals surface area contributed by atoms with Crippen molar-refractivity contribution < 1.29 is 9.32 Å². The zero-order chi connectivity index (χ0) is 16.2. The molecule has 0 radical (unpaired) electrons. The second-order valence-corrected chi connectivity index (χ2v) is 5.07. The standard InChI is InChI=1S/C16H17N5O2/c1-3-21-15(17-10-18-21)11(2)19-16(22)13-9-23-20-14(13)12-7-5-4-6-8-12/h4-11H,3H2,1-2H3,(H,19,22). The van der Waals surface area contributed by atoms with Gasteiger partial charge < -0.3 is 9.84 Å². The minimum absolute atomic E-state index is 0.261. The van der Waals surface area contributed by atoms with E-state index in [-0.39, 0.29) is 11.9 Å². The number of rotatable bonds is 5. The van der Waals surface area contributed by atoms with Gasteiger partial charge in [0.1, 0.15) is 29.7 Å². The summed E-state index contributed by atoms with van der Waals surface area (Å²) < 4.78 is 6.74. The summed E-state index contributed by atoms with van der Waals surface area (Å²) in [5.74, 6) is 0.446. The molecule has 0 spiro atoms. The molecule has 0 aliphatic carbocycles. The summed E-state index contributed by atoms with van der Waals surface area (Å²) in [5.41, 5.74) is 1.74. The van der Waals surface area contributed by atoms with E-state index >= 15 is 0 Å². The van der Waals surface area contributed by atoms with Gasteiger partial charge in [0.05, 0.1) is 6.04 Å². The van der Waals surface area contributed by atoms with Crippen LogP contribution in [0.15, 0.2) is 47.4 Å². The average Bonchev–Trinajstić information content (AvgIpc) is 3.24. The van der Waals surface area contributed by atoms with Crippen molar-refractivity contribution in [2.45, 2.75) is 26.4 Å². The first-order valence-corrected chi connectivity index (χ1v) is 7.39. The normalized spacial score (nSPS) is 12.1. The summed E-state index contributed by atoms with van der Waals surface area (Å²) in [6.07, 6.45) is 2.84. The van der Waals surface area contributed by atoms with Crippen molar-refractivity contribution in [3.8, 4) is 11.3 Å². The number of hydrogen-bond acceptors (Lipinski definition) is 5. The molecule has 0 saturated heterocycles. The maximum Gasteiger partial charge on any atom is 0.257 e. The van der Waals surface area contributed by atoms with Crippen LogP contribution in [0.2, 0.25) is 0 Å². The van der Waals surface area contributed by atoms with E-state index in [4.69, 9.17) is 4.52 Å². The van der Waals surface area contributed by atoms with Crippen molar-refractivity contribution in [3.05, 3.63) is 54.3 Å². The summed E-state index contributed by atoms with van der Waals surface area (Å²) in [7, 11) is 0. The van der Waals surface area contributed by atoms with Crippen LogP contribution < -0.4 is 5.32 Å². The lowest BCUT2D eigenvalue weighted by atomic mass is 10.1. The van der Waals surface area contributed by atoms with E-state index in [1.165, 1.54) is 12.6 Å². The molecule has 2 heterocycles. The number of hydrogen-bond donors (Lipinski definition) is 1. The molecule has 3 rings (SSSR count). The fourth-order valence-corrected chi connectivity index (χ4v) is 2.39. The molecule has 1 atom stereocenters. The van der Waals surface area contributed by atoms with Crippen molar-refractivity contribution in [1.29, 1.82) is 0 Å². The minimum atomic E-state index is -0.275. The zero-order valence-corrected chi connectivity index (χ0v) is 12.9. The fraction of sp³-hybridized carbons (Fsp3) is 0.250. The van der Waals surface area contributed by atoms with Crippen molar-refractivity contribution in [2.75, 3.05) is 0 Å². The molecule has 0 saturated carbocycles. The number of carbonyl (C=O) groups is 1. The second-order valence-electron chi connectivity index (χ2n) is 5.07. The number of aromatic nitrogens is 4. The monoisotopic (exact) mass is 311 g/mol. The molecule has 2 aromatic heterocycles. The average molecular weight is 311 g/mol. The second kappa shape index (κ2) is 6.43. The predicted molar refractivity (Wildman–Crippen MR) is 83.5 cm³/mol. The van der Waals surface area contributed by atoms with E-state index in [1.807, 2.05) is 44.2 Å². The number of carbonyl (C=O) groups excluding carboxylic acids is 1. The minimum Gasteiger partial charge on any atom is -0.363 e. The van der Waals surface area contributed by atoms with Gasteiger partial charge >= 0.3 is 0 Å². The third-order valence-electron chi connectivity index (χ3n) is 3.54. The Morgan fingerprint density at radius 1 is 1.35 bits per heavy atom. The number of nitrogens with zero attached hydrogens (tertiary/aromatic N) is 4. The molecule has 1 unspecified atom stereocenters. The molecule has 0 bridgehead atoms. The highest BCUT2D eigenvalue weighted by molar-refractivity contribution is 5.99. The Hall–Kier alpha value is -2.96. The van der Waals surface area contributed by atoms with Crippen LogP contribution in [0.4, 0.5) is 0 Å². The first-order valence-electron chi connectivity index (χ1n) is 7.39. The van der Waals surface area contributed by atoms with E-state index in [2.05, 4.69) is 20.6 Å². The van der Waals surface area contributed by atoms with E-state index in [1.54, 1.807) is 4.68 Å². The van der Waals surface area contributed by atoms with Crippen molar-refractivity contribution >= 4 is 5.91 Å². The molecule has 1 aromatic carbocycles. The Labute approximate surface area is 133 Å². The highest BCUT2D eigenvalue weighted by Gasteiger charge is 2.21. The lowest BCUT2D eigenvalue weighted by Crippen LogP contribution is -2.29. The Balaban J connectivity index is 1.81. The summed E-state index contributed by atoms with van der Waals surface area (Å²) in [5, 5.41) is 11.0. The largest absolute Gasteiger partial charge is 0.363 e. The van der Waals surface area contributed by atoms with Crippen LogP contribution in [0.25, 0.3) is 11.3 Å². The van der Waals surface area contributed by atoms with Crippen LogP contribution in [0.5, 0.6) is 0 Å². The van der Waals surface area contributed by atoms with Crippen LogP contribution in [0, 0.1) is 0 Å². The van der Waals surface area contributed by atoms with E-state index in [9.17, 15) is 4.79 Å². The fourth-order valence-electron chi connectivity index (χ4n) is 2.39. The quantitative estimate of drug-likeness (QED) is 0.782. The summed E-state index contributed by atoms with van der Waals surface area (Å²) >= 11 is 0. The van der Waals surface area contributed by atoms with Crippen LogP contribution in [0.1, 0.15) is 36.1 Å². The molecule has 0 fully saturated rings. The molecule has 7 nitrogen and oxygen atoms in total. The number of benzene rings is 1. The van der Waals surface area contributed by atoms with E-state index < -0.39 is 0 Å². The maximum atomic E-state index is 12.5. The Bertz CT molecular complexity index is 794. The third-order valence-corrected chi connectivity index (χ3v) is 3.54. The Morgan fingerprint density at radius 3 is 2.87 bits per heavy atom. The van der Waals surface area contributed by atoms with Crippen LogP contribution in [-0.4, -0.2) is 25.8 Å². The summed E-state index contributed by atoms with van der Waals surface area (Å²) in [6, 6.07) is 9.17. The van der Waals surface area contributed by atoms with Gasteiger partial charge in [0.25, 0.3) is 5.91 Å². The number of amides is 1. The Morgan fingerprint density at radius 2 is 2.13 bits per heavy atom. The topological polar surface area (TPSA) is 85.8 Å². The smallest absolute Gasteiger partial charge is 0.257 e. The first kappa shape index (κ1) is 15.0. The molecule has 0 aliphatic heterocycles. The summed E-state index contributed by atoms with van der Waals surface area (Å²) in [4.78, 5) is 16.7. The number of aryl methyl sites for hydroxylation is 1. The molecule has 1 amide bonds.